The molecular formula is C22H22O10. The Morgan fingerprint density at radius 2 is 1.34 bits per heavy atom. The van der Waals surface area contributed by atoms with Crippen molar-refractivity contribution >= 4 is 18.0 Å². The van der Waals surface area contributed by atoms with Crippen LogP contribution in [0.15, 0.2) is 23.8 Å². The maximum atomic E-state index is 12.3. The molecule has 0 amide bonds. The maximum absolute atomic E-state index is 12.3. The van der Waals surface area contributed by atoms with E-state index in [1.807, 2.05) is 0 Å². The summed E-state index contributed by atoms with van der Waals surface area (Å²) < 4.78 is 20.9. The van der Waals surface area contributed by atoms with Crippen LogP contribution < -0.4 is 18.9 Å². The van der Waals surface area contributed by atoms with E-state index in [9.17, 15) is 30.0 Å². The van der Waals surface area contributed by atoms with E-state index in [0.717, 1.165) is 0 Å². The number of rotatable bonds is 7. The molecule has 170 valence electrons. The number of carboxylic acids is 2. The Balaban J connectivity index is 2.46. The van der Waals surface area contributed by atoms with Crippen LogP contribution in [0.4, 0.5) is 0 Å². The summed E-state index contributed by atoms with van der Waals surface area (Å²) in [5.74, 6) is -6.25. The Labute approximate surface area is 182 Å². The van der Waals surface area contributed by atoms with Gasteiger partial charge in [0.15, 0.2) is 23.0 Å². The van der Waals surface area contributed by atoms with Crippen molar-refractivity contribution in [1.82, 2.24) is 0 Å². The first-order valence-electron chi connectivity index (χ1n) is 9.30. The van der Waals surface area contributed by atoms with Crippen LogP contribution in [0, 0.1) is 5.92 Å². The molecule has 3 rings (SSSR count). The summed E-state index contributed by atoms with van der Waals surface area (Å²) in [6.45, 7) is 0. The van der Waals surface area contributed by atoms with E-state index in [1.165, 1.54) is 52.7 Å². The Morgan fingerprint density at radius 3 is 1.78 bits per heavy atom. The lowest BCUT2D eigenvalue weighted by molar-refractivity contribution is -0.144. The first kappa shape index (κ1) is 22.6. The van der Waals surface area contributed by atoms with E-state index in [-0.39, 0.29) is 51.2 Å². The van der Waals surface area contributed by atoms with Gasteiger partial charge in [-0.2, -0.15) is 0 Å². The molecule has 0 radical (unpaired) electrons. The van der Waals surface area contributed by atoms with E-state index >= 15 is 0 Å². The van der Waals surface area contributed by atoms with Crippen LogP contribution in [0.3, 0.4) is 0 Å². The number of hydrogen-bond acceptors (Lipinski definition) is 8. The van der Waals surface area contributed by atoms with Crippen LogP contribution in [-0.2, 0) is 9.59 Å². The average Bonchev–Trinajstić information content (AvgIpc) is 2.77. The van der Waals surface area contributed by atoms with Crippen molar-refractivity contribution < 1.29 is 49.0 Å². The number of phenols is 2. The largest absolute Gasteiger partial charge is 0.502 e. The molecule has 0 aromatic heterocycles. The fraction of sp³-hybridized carbons (Fsp3) is 0.273. The number of fused-ring (bicyclic) bond motifs is 1. The summed E-state index contributed by atoms with van der Waals surface area (Å²) >= 11 is 0. The summed E-state index contributed by atoms with van der Waals surface area (Å²) in [5.41, 5.74) is 0.413. The third-order valence-electron chi connectivity index (χ3n) is 5.38. The lowest BCUT2D eigenvalue weighted by Crippen LogP contribution is -2.31. The molecule has 1 aliphatic carbocycles. The quantitative estimate of drug-likeness (QED) is 0.499. The van der Waals surface area contributed by atoms with Crippen LogP contribution in [0.1, 0.15) is 22.6 Å². The van der Waals surface area contributed by atoms with Gasteiger partial charge in [-0.25, -0.2) is 4.79 Å². The van der Waals surface area contributed by atoms with Crippen molar-refractivity contribution in [2.24, 2.45) is 5.92 Å². The fourth-order valence-electron chi connectivity index (χ4n) is 3.99. The highest BCUT2D eigenvalue weighted by Crippen LogP contribution is 2.54. The van der Waals surface area contributed by atoms with E-state index in [0.29, 0.717) is 5.56 Å². The predicted octanol–water partition coefficient (Wildman–Crippen LogP) is 2.45. The number of methoxy groups -OCH3 is 4. The average molecular weight is 446 g/mol. The van der Waals surface area contributed by atoms with Gasteiger partial charge in [0, 0.05) is 11.5 Å². The number of ether oxygens (including phenoxy) is 4. The monoisotopic (exact) mass is 446 g/mol. The number of aliphatic carboxylic acids is 2. The zero-order valence-corrected chi connectivity index (χ0v) is 17.7. The third-order valence-corrected chi connectivity index (χ3v) is 5.38. The Bertz CT molecular complexity index is 1090. The van der Waals surface area contributed by atoms with Crippen LogP contribution in [-0.4, -0.2) is 60.8 Å². The van der Waals surface area contributed by atoms with Crippen molar-refractivity contribution in [1.29, 1.82) is 0 Å². The molecule has 0 unspecified atom stereocenters. The van der Waals surface area contributed by atoms with Crippen molar-refractivity contribution in [2.45, 2.75) is 5.92 Å². The minimum atomic E-state index is -1.55. The number of hydrogen-bond donors (Lipinski definition) is 4. The van der Waals surface area contributed by atoms with Gasteiger partial charge in [-0.1, -0.05) is 0 Å². The molecule has 0 spiro atoms. The lowest BCUT2D eigenvalue weighted by Gasteiger charge is -2.33. The molecule has 2 atom stereocenters. The molecule has 2 aromatic carbocycles. The van der Waals surface area contributed by atoms with E-state index in [2.05, 4.69) is 0 Å². The van der Waals surface area contributed by atoms with Crippen molar-refractivity contribution in [3.63, 3.8) is 0 Å². The maximum Gasteiger partial charge on any atom is 0.332 e. The summed E-state index contributed by atoms with van der Waals surface area (Å²) in [4.78, 5) is 24.3. The second-order valence-electron chi connectivity index (χ2n) is 6.94. The number of carboxylic acid groups (broad SMARTS) is 2. The van der Waals surface area contributed by atoms with Crippen LogP contribution in [0.25, 0.3) is 6.08 Å². The van der Waals surface area contributed by atoms with Gasteiger partial charge in [-0.15, -0.1) is 0 Å². The van der Waals surface area contributed by atoms with Crippen molar-refractivity contribution in [3.8, 4) is 34.5 Å². The first-order valence-corrected chi connectivity index (χ1v) is 9.30. The van der Waals surface area contributed by atoms with Gasteiger partial charge >= 0.3 is 11.9 Å². The Kier molecular flexibility index (Phi) is 6.06. The minimum Gasteiger partial charge on any atom is -0.502 e. The van der Waals surface area contributed by atoms with E-state index in [1.54, 1.807) is 0 Å². The number of benzene rings is 2. The van der Waals surface area contributed by atoms with Gasteiger partial charge in [0.1, 0.15) is 0 Å². The Morgan fingerprint density at radius 1 is 0.812 bits per heavy atom. The molecule has 0 fully saturated rings. The van der Waals surface area contributed by atoms with E-state index < -0.39 is 23.8 Å². The molecule has 2 aromatic rings. The van der Waals surface area contributed by atoms with Gasteiger partial charge in [0.05, 0.1) is 39.9 Å². The van der Waals surface area contributed by atoms with Gasteiger partial charge in [0.2, 0.25) is 11.5 Å². The fourth-order valence-corrected chi connectivity index (χ4v) is 3.99. The third kappa shape index (κ3) is 3.49. The lowest BCUT2D eigenvalue weighted by atomic mass is 9.70. The highest BCUT2D eigenvalue weighted by Gasteiger charge is 2.44. The van der Waals surface area contributed by atoms with Crippen molar-refractivity contribution in [3.05, 3.63) is 40.5 Å². The molecule has 0 saturated carbocycles. The molecule has 0 aliphatic heterocycles. The SMILES string of the molecule is COc1cc([C@@H]2c3c(cc(OC)c(O)c3OC)C=C(C(=O)O)[C@H]2C(=O)O)cc(OC)c1O. The molecule has 10 heteroatoms. The number of phenolic OH excluding ortho intramolecular Hbond substituents is 2. The van der Waals surface area contributed by atoms with Gasteiger partial charge in [-0.05, 0) is 35.4 Å². The number of aromatic hydroxyl groups is 2. The summed E-state index contributed by atoms with van der Waals surface area (Å²) in [5, 5.41) is 40.7. The molecule has 0 saturated heterocycles. The minimum absolute atomic E-state index is 0.00633. The van der Waals surface area contributed by atoms with Crippen molar-refractivity contribution in [2.75, 3.05) is 28.4 Å². The van der Waals surface area contributed by atoms with Crippen LogP contribution in [0.5, 0.6) is 34.5 Å². The van der Waals surface area contributed by atoms with Crippen LogP contribution in [0.2, 0.25) is 0 Å². The molecule has 4 N–H and O–H groups in total. The molecule has 0 bridgehead atoms. The van der Waals surface area contributed by atoms with Crippen LogP contribution >= 0.6 is 0 Å². The normalized spacial score (nSPS) is 17.1. The molecule has 32 heavy (non-hydrogen) atoms. The summed E-state index contributed by atoms with van der Waals surface area (Å²) in [7, 11) is 5.22. The highest BCUT2D eigenvalue weighted by molar-refractivity contribution is 6.01. The standard InChI is InChI=1S/C22H22O10/c1-29-12-7-10(8-13(30-2)18(12)23)15-16-9(5-11(21(25)26)17(15)22(27)28)6-14(31-3)19(24)20(16)32-4/h5-8,15,17,23-24H,1-4H3,(H,25,26)(H,27,28)/t15-,17-/m1/s1. The first-order chi connectivity index (χ1) is 15.2. The summed E-state index contributed by atoms with van der Waals surface area (Å²) in [6.07, 6.45) is 1.21. The zero-order chi connectivity index (χ0) is 23.7. The van der Waals surface area contributed by atoms with Gasteiger partial charge in [-0.3, -0.25) is 4.79 Å². The Hall–Kier alpha value is -4.08. The topological polar surface area (TPSA) is 152 Å². The van der Waals surface area contributed by atoms with Gasteiger partial charge in [0.25, 0.3) is 0 Å². The molecular weight excluding hydrogens is 424 g/mol. The second-order valence-corrected chi connectivity index (χ2v) is 6.94. The second kappa shape index (κ2) is 8.58. The van der Waals surface area contributed by atoms with E-state index in [4.69, 9.17) is 18.9 Å². The highest BCUT2D eigenvalue weighted by atomic mass is 16.5. The summed E-state index contributed by atoms with van der Waals surface area (Å²) in [6, 6.07) is 4.16. The molecule has 10 nitrogen and oxygen atoms in total. The predicted molar refractivity (Wildman–Crippen MR) is 111 cm³/mol. The molecule has 1 aliphatic rings. The van der Waals surface area contributed by atoms with Gasteiger partial charge < -0.3 is 39.4 Å². The molecule has 0 heterocycles. The number of carbonyl (C=O) groups is 2. The smallest absolute Gasteiger partial charge is 0.332 e. The zero-order valence-electron chi connectivity index (χ0n) is 17.7.